The lowest BCUT2D eigenvalue weighted by Gasteiger charge is -2.15. The maximum absolute atomic E-state index is 11.7. The molecule has 1 aliphatic heterocycles. The Morgan fingerprint density at radius 3 is 2.93 bits per heavy atom. The molecular weight excluding hydrogens is 208 g/mol. The molecule has 3 nitrogen and oxygen atoms in total. The van der Waals surface area contributed by atoms with Crippen LogP contribution in [0.5, 0.6) is 0 Å². The minimum atomic E-state index is 0.210. The van der Waals surface area contributed by atoms with Crippen LogP contribution in [0.4, 0.5) is 0 Å². The Morgan fingerprint density at radius 1 is 1.53 bits per heavy atom. The van der Waals surface area contributed by atoms with Gasteiger partial charge in [-0.3, -0.25) is 4.79 Å². The van der Waals surface area contributed by atoms with Crippen molar-refractivity contribution in [1.82, 2.24) is 4.90 Å². The first-order valence-electron chi connectivity index (χ1n) is 5.85. The first-order chi connectivity index (χ1) is 7.24. The summed E-state index contributed by atoms with van der Waals surface area (Å²) >= 11 is 1.89. The molecule has 0 aromatic carbocycles. The van der Waals surface area contributed by atoms with E-state index in [1.165, 1.54) is 18.6 Å². The molecule has 1 atom stereocenters. The first kappa shape index (κ1) is 12.8. The van der Waals surface area contributed by atoms with Crippen LogP contribution in [0.2, 0.25) is 0 Å². The molecule has 0 aromatic rings. The Kier molecular flexibility index (Phi) is 6.10. The van der Waals surface area contributed by atoms with Crippen molar-refractivity contribution < 1.29 is 4.79 Å². The fourth-order valence-electron chi connectivity index (χ4n) is 1.68. The van der Waals surface area contributed by atoms with Gasteiger partial charge in [-0.2, -0.15) is 11.8 Å². The quantitative estimate of drug-likeness (QED) is 0.703. The topological polar surface area (TPSA) is 46.3 Å². The molecule has 1 aliphatic rings. The number of unbranched alkanes of at least 4 members (excludes halogenated alkanes) is 1. The molecule has 0 spiro atoms. The van der Waals surface area contributed by atoms with E-state index in [1.54, 1.807) is 0 Å². The van der Waals surface area contributed by atoms with Gasteiger partial charge in [-0.05, 0) is 18.6 Å². The Morgan fingerprint density at radius 2 is 2.33 bits per heavy atom. The molecule has 0 aromatic heterocycles. The first-order valence-corrected chi connectivity index (χ1v) is 7.00. The maximum Gasteiger partial charge on any atom is 0.223 e. The molecule has 15 heavy (non-hydrogen) atoms. The van der Waals surface area contributed by atoms with Gasteiger partial charge in [0.15, 0.2) is 0 Å². The van der Waals surface area contributed by atoms with Crippen molar-refractivity contribution in [3.63, 3.8) is 0 Å². The molecule has 2 N–H and O–H groups in total. The van der Waals surface area contributed by atoms with Gasteiger partial charge in [-0.15, -0.1) is 0 Å². The SMILES string of the molecule is CCCCSCCC(=O)N1CC[C@@H](N)C1. The van der Waals surface area contributed by atoms with E-state index in [0.717, 1.165) is 25.3 Å². The van der Waals surface area contributed by atoms with E-state index >= 15 is 0 Å². The normalized spacial score (nSPS) is 20.9. The van der Waals surface area contributed by atoms with Crippen molar-refractivity contribution >= 4 is 17.7 Å². The van der Waals surface area contributed by atoms with E-state index in [4.69, 9.17) is 5.73 Å². The zero-order valence-electron chi connectivity index (χ0n) is 9.58. The van der Waals surface area contributed by atoms with Crippen molar-refractivity contribution in [2.75, 3.05) is 24.6 Å². The fraction of sp³-hybridized carbons (Fsp3) is 0.909. The van der Waals surface area contributed by atoms with Crippen LogP contribution >= 0.6 is 11.8 Å². The van der Waals surface area contributed by atoms with Gasteiger partial charge in [0.05, 0.1) is 0 Å². The van der Waals surface area contributed by atoms with Crippen LogP contribution in [0, 0.1) is 0 Å². The lowest BCUT2D eigenvalue weighted by Crippen LogP contribution is -2.32. The second-order valence-electron chi connectivity index (χ2n) is 4.10. The summed E-state index contributed by atoms with van der Waals surface area (Å²) in [6, 6.07) is 0.210. The second-order valence-corrected chi connectivity index (χ2v) is 5.33. The Hall–Kier alpha value is -0.220. The number of carbonyl (C=O) groups is 1. The summed E-state index contributed by atoms with van der Waals surface area (Å²) in [7, 11) is 0. The van der Waals surface area contributed by atoms with Crippen molar-refractivity contribution in [2.45, 2.75) is 38.6 Å². The van der Waals surface area contributed by atoms with Crippen LogP contribution in [-0.2, 0) is 4.79 Å². The summed E-state index contributed by atoms with van der Waals surface area (Å²) in [4.78, 5) is 13.6. The molecule has 1 saturated heterocycles. The summed E-state index contributed by atoms with van der Waals surface area (Å²) in [5, 5.41) is 0. The summed E-state index contributed by atoms with van der Waals surface area (Å²) in [5.41, 5.74) is 5.76. The minimum Gasteiger partial charge on any atom is -0.341 e. The van der Waals surface area contributed by atoms with E-state index in [0.29, 0.717) is 6.42 Å². The Bertz CT molecular complexity index is 199. The summed E-state index contributed by atoms with van der Waals surface area (Å²) in [6.45, 7) is 3.81. The van der Waals surface area contributed by atoms with Gasteiger partial charge in [0.2, 0.25) is 5.91 Å². The van der Waals surface area contributed by atoms with E-state index < -0.39 is 0 Å². The molecule has 0 bridgehead atoms. The number of rotatable bonds is 6. The van der Waals surface area contributed by atoms with Crippen LogP contribution < -0.4 is 5.73 Å². The van der Waals surface area contributed by atoms with Gasteiger partial charge in [0, 0.05) is 31.3 Å². The molecular formula is C11H22N2OS. The largest absolute Gasteiger partial charge is 0.341 e. The van der Waals surface area contributed by atoms with Crippen LogP contribution in [-0.4, -0.2) is 41.4 Å². The van der Waals surface area contributed by atoms with E-state index in [2.05, 4.69) is 6.92 Å². The number of nitrogens with zero attached hydrogens (tertiary/aromatic N) is 1. The fourth-order valence-corrected chi connectivity index (χ4v) is 2.70. The highest BCUT2D eigenvalue weighted by Gasteiger charge is 2.22. The van der Waals surface area contributed by atoms with Gasteiger partial charge < -0.3 is 10.6 Å². The summed E-state index contributed by atoms with van der Waals surface area (Å²) in [6.07, 6.45) is 4.14. The third kappa shape index (κ3) is 4.89. The lowest BCUT2D eigenvalue weighted by molar-refractivity contribution is -0.129. The highest BCUT2D eigenvalue weighted by atomic mass is 32.2. The molecule has 4 heteroatoms. The standard InChI is InChI=1S/C11H22N2OS/c1-2-3-7-15-8-5-11(14)13-6-4-10(12)9-13/h10H,2-9,12H2,1H3/t10-/m1/s1. The summed E-state index contributed by atoms with van der Waals surface area (Å²) < 4.78 is 0. The van der Waals surface area contributed by atoms with Crippen molar-refractivity contribution in [1.29, 1.82) is 0 Å². The zero-order chi connectivity index (χ0) is 11.1. The van der Waals surface area contributed by atoms with Crippen molar-refractivity contribution in [3.05, 3.63) is 0 Å². The number of carbonyl (C=O) groups excluding carboxylic acids is 1. The predicted octanol–water partition coefficient (Wildman–Crippen LogP) is 1.47. The average Bonchev–Trinajstić information content (AvgIpc) is 2.64. The monoisotopic (exact) mass is 230 g/mol. The molecule has 0 radical (unpaired) electrons. The molecule has 0 saturated carbocycles. The molecule has 0 unspecified atom stereocenters. The number of thioether (sulfide) groups is 1. The number of hydrogen-bond acceptors (Lipinski definition) is 3. The van der Waals surface area contributed by atoms with Crippen LogP contribution in [0.3, 0.4) is 0 Å². The van der Waals surface area contributed by atoms with E-state index in [1.807, 2.05) is 16.7 Å². The molecule has 88 valence electrons. The smallest absolute Gasteiger partial charge is 0.223 e. The van der Waals surface area contributed by atoms with Crippen LogP contribution in [0.15, 0.2) is 0 Å². The highest BCUT2D eigenvalue weighted by Crippen LogP contribution is 2.11. The highest BCUT2D eigenvalue weighted by molar-refractivity contribution is 7.99. The van der Waals surface area contributed by atoms with Gasteiger partial charge in [-0.1, -0.05) is 13.3 Å². The van der Waals surface area contributed by atoms with Gasteiger partial charge in [-0.25, -0.2) is 0 Å². The van der Waals surface area contributed by atoms with Gasteiger partial charge in [0.25, 0.3) is 0 Å². The number of hydrogen-bond donors (Lipinski definition) is 1. The maximum atomic E-state index is 11.7. The minimum absolute atomic E-state index is 0.210. The predicted molar refractivity (Wildman–Crippen MR) is 66.0 cm³/mol. The second kappa shape index (κ2) is 7.12. The van der Waals surface area contributed by atoms with E-state index in [9.17, 15) is 4.79 Å². The number of likely N-dealkylation sites (tertiary alicyclic amines) is 1. The third-order valence-corrected chi connectivity index (χ3v) is 3.75. The van der Waals surface area contributed by atoms with Crippen molar-refractivity contribution in [3.8, 4) is 0 Å². The molecule has 1 heterocycles. The molecule has 1 rings (SSSR count). The summed E-state index contributed by atoms with van der Waals surface area (Å²) in [5.74, 6) is 2.43. The molecule has 0 aliphatic carbocycles. The Labute approximate surface area is 96.8 Å². The molecule has 1 fully saturated rings. The number of nitrogens with two attached hydrogens (primary N) is 1. The lowest BCUT2D eigenvalue weighted by atomic mass is 10.3. The van der Waals surface area contributed by atoms with Crippen LogP contribution in [0.25, 0.3) is 0 Å². The van der Waals surface area contributed by atoms with Gasteiger partial charge in [0.1, 0.15) is 0 Å². The zero-order valence-corrected chi connectivity index (χ0v) is 10.4. The molecule has 1 amide bonds. The third-order valence-electron chi connectivity index (χ3n) is 2.68. The van der Waals surface area contributed by atoms with Gasteiger partial charge >= 0.3 is 0 Å². The number of amides is 1. The van der Waals surface area contributed by atoms with Crippen LogP contribution in [0.1, 0.15) is 32.6 Å². The van der Waals surface area contributed by atoms with E-state index in [-0.39, 0.29) is 11.9 Å². The Balaban J connectivity index is 2.03. The average molecular weight is 230 g/mol. The van der Waals surface area contributed by atoms with Crippen molar-refractivity contribution in [2.24, 2.45) is 5.73 Å².